The molecule has 0 spiro atoms. The zero-order chi connectivity index (χ0) is 19.8. The number of benzene rings is 1. The monoisotopic (exact) mass is 384 g/mol. The van der Waals surface area contributed by atoms with Crippen molar-refractivity contribution in [1.82, 2.24) is 20.9 Å². The Hall–Kier alpha value is -2.58. The predicted molar refractivity (Wildman–Crippen MR) is 100 cm³/mol. The first kappa shape index (κ1) is 18.8. The first-order chi connectivity index (χ1) is 13.5. The number of fused-ring (bicyclic) bond motifs is 1. The minimum atomic E-state index is -0.936. The van der Waals surface area contributed by atoms with Gasteiger partial charge in [0.1, 0.15) is 6.04 Å². The van der Waals surface area contributed by atoms with Gasteiger partial charge >= 0.3 is 0 Å². The Morgan fingerprint density at radius 1 is 1.14 bits per heavy atom. The van der Waals surface area contributed by atoms with Crippen LogP contribution >= 0.6 is 0 Å². The summed E-state index contributed by atoms with van der Waals surface area (Å²) in [6.45, 7) is 4.48. The molecule has 0 aliphatic carbocycles. The third kappa shape index (κ3) is 3.22. The van der Waals surface area contributed by atoms with Crippen LogP contribution in [0.25, 0.3) is 0 Å². The molecular formula is C20H24N4O4. The van der Waals surface area contributed by atoms with Gasteiger partial charge in [0.2, 0.25) is 11.8 Å². The van der Waals surface area contributed by atoms with Crippen LogP contribution in [0, 0.1) is 5.92 Å². The fraction of sp³-hybridized carbons (Fsp3) is 0.500. The molecule has 2 fully saturated rings. The molecule has 4 rings (SSSR count). The van der Waals surface area contributed by atoms with Crippen LogP contribution in [0.3, 0.4) is 0 Å². The van der Waals surface area contributed by atoms with E-state index in [9.17, 15) is 19.2 Å². The lowest BCUT2D eigenvalue weighted by atomic mass is 10.0. The molecule has 3 aliphatic heterocycles. The Balaban J connectivity index is 1.51. The van der Waals surface area contributed by atoms with Crippen LogP contribution in [-0.4, -0.2) is 53.7 Å². The number of nitrogens with zero attached hydrogens (tertiary/aromatic N) is 1. The van der Waals surface area contributed by atoms with Crippen molar-refractivity contribution in [2.75, 3.05) is 13.1 Å². The minimum Gasteiger partial charge on any atom is -0.312 e. The lowest BCUT2D eigenvalue weighted by molar-refractivity contribution is -0.136. The summed E-state index contributed by atoms with van der Waals surface area (Å²) >= 11 is 0. The summed E-state index contributed by atoms with van der Waals surface area (Å²) in [4.78, 5) is 50.4. The van der Waals surface area contributed by atoms with Crippen LogP contribution in [-0.2, 0) is 16.1 Å². The van der Waals surface area contributed by atoms with Gasteiger partial charge in [0.05, 0.1) is 11.1 Å². The Morgan fingerprint density at radius 2 is 1.96 bits per heavy atom. The van der Waals surface area contributed by atoms with Crippen molar-refractivity contribution in [3.05, 3.63) is 34.9 Å². The zero-order valence-corrected chi connectivity index (χ0v) is 15.8. The smallest absolute Gasteiger partial charge is 0.262 e. The van der Waals surface area contributed by atoms with Gasteiger partial charge in [0.15, 0.2) is 0 Å². The van der Waals surface area contributed by atoms with E-state index in [1.54, 1.807) is 12.1 Å². The van der Waals surface area contributed by atoms with Crippen molar-refractivity contribution in [2.45, 2.75) is 44.8 Å². The van der Waals surface area contributed by atoms with Crippen molar-refractivity contribution in [1.29, 1.82) is 0 Å². The molecule has 3 atom stereocenters. The molecule has 1 aromatic carbocycles. The van der Waals surface area contributed by atoms with Gasteiger partial charge in [0.25, 0.3) is 11.8 Å². The number of imide groups is 2. The number of rotatable bonds is 5. The highest BCUT2D eigenvalue weighted by atomic mass is 16.2. The number of nitrogens with one attached hydrogen (secondary N) is 3. The van der Waals surface area contributed by atoms with E-state index in [0.717, 1.165) is 30.0 Å². The van der Waals surface area contributed by atoms with E-state index in [4.69, 9.17) is 0 Å². The molecule has 0 aromatic heterocycles. The van der Waals surface area contributed by atoms with E-state index in [1.165, 1.54) is 0 Å². The Labute approximate surface area is 163 Å². The molecule has 148 valence electrons. The highest BCUT2D eigenvalue weighted by Gasteiger charge is 2.45. The zero-order valence-electron chi connectivity index (χ0n) is 15.8. The SMILES string of the molecule is CC1CCNC1CNCc1cccc2c1C(=O)N(C1CCC(=O)NC1=O)C2=O. The van der Waals surface area contributed by atoms with E-state index < -0.39 is 23.8 Å². The normalized spacial score (nSPS) is 27.3. The van der Waals surface area contributed by atoms with Crippen LogP contribution in [0.4, 0.5) is 0 Å². The maximum Gasteiger partial charge on any atom is 0.262 e. The van der Waals surface area contributed by atoms with Crippen LogP contribution in [0.2, 0.25) is 0 Å². The fourth-order valence-electron chi connectivity index (χ4n) is 4.27. The summed E-state index contributed by atoms with van der Waals surface area (Å²) in [6, 6.07) is 4.66. The molecule has 3 unspecified atom stereocenters. The van der Waals surface area contributed by atoms with E-state index in [2.05, 4.69) is 22.9 Å². The highest BCUT2D eigenvalue weighted by Crippen LogP contribution is 2.30. The number of amides is 4. The van der Waals surface area contributed by atoms with Gasteiger partial charge in [-0.15, -0.1) is 0 Å². The van der Waals surface area contributed by atoms with Crippen LogP contribution < -0.4 is 16.0 Å². The second-order valence-electron chi connectivity index (χ2n) is 7.74. The fourth-order valence-corrected chi connectivity index (χ4v) is 4.27. The van der Waals surface area contributed by atoms with Crippen LogP contribution in [0.15, 0.2) is 18.2 Å². The molecule has 2 saturated heterocycles. The second-order valence-corrected chi connectivity index (χ2v) is 7.74. The summed E-state index contributed by atoms with van der Waals surface area (Å²) in [5.74, 6) is -1.30. The highest BCUT2D eigenvalue weighted by molar-refractivity contribution is 6.24. The first-order valence-corrected chi connectivity index (χ1v) is 9.75. The number of piperidine rings is 1. The number of hydrogen-bond acceptors (Lipinski definition) is 6. The maximum absolute atomic E-state index is 13.0. The van der Waals surface area contributed by atoms with Gasteiger partial charge in [0, 0.05) is 25.6 Å². The molecule has 3 aliphatic rings. The average molecular weight is 384 g/mol. The topological polar surface area (TPSA) is 108 Å². The standard InChI is InChI=1S/C20H24N4O4/c1-11-7-8-22-14(11)10-21-9-12-3-2-4-13-17(12)20(28)24(19(13)27)15-5-6-16(25)23-18(15)26/h2-4,11,14-15,21-22H,5-10H2,1H3,(H,23,25,26). The van der Waals surface area contributed by atoms with Crippen molar-refractivity contribution in [2.24, 2.45) is 5.92 Å². The molecule has 3 N–H and O–H groups in total. The lowest BCUT2D eigenvalue weighted by Gasteiger charge is -2.27. The molecule has 4 amide bonds. The summed E-state index contributed by atoms with van der Waals surface area (Å²) in [7, 11) is 0. The van der Waals surface area contributed by atoms with Gasteiger partial charge in [-0.3, -0.25) is 29.4 Å². The Bertz CT molecular complexity index is 853. The molecule has 8 heteroatoms. The van der Waals surface area contributed by atoms with Crippen molar-refractivity contribution < 1.29 is 19.2 Å². The summed E-state index contributed by atoms with van der Waals surface area (Å²) in [5, 5.41) is 9.05. The molecular weight excluding hydrogens is 360 g/mol. The van der Waals surface area contributed by atoms with E-state index in [0.29, 0.717) is 29.6 Å². The van der Waals surface area contributed by atoms with Crippen molar-refractivity contribution >= 4 is 23.6 Å². The van der Waals surface area contributed by atoms with Gasteiger partial charge in [-0.25, -0.2) is 0 Å². The number of carbonyl (C=O) groups is 4. The van der Waals surface area contributed by atoms with Gasteiger partial charge in [-0.1, -0.05) is 19.1 Å². The van der Waals surface area contributed by atoms with E-state index in [-0.39, 0.29) is 18.7 Å². The number of hydrogen-bond donors (Lipinski definition) is 3. The lowest BCUT2D eigenvalue weighted by Crippen LogP contribution is -2.54. The predicted octanol–water partition coefficient (Wildman–Crippen LogP) is 0.175. The Kier molecular flexibility index (Phi) is 4.99. The second kappa shape index (κ2) is 7.44. The first-order valence-electron chi connectivity index (χ1n) is 9.75. The van der Waals surface area contributed by atoms with Crippen molar-refractivity contribution in [3.8, 4) is 0 Å². The largest absolute Gasteiger partial charge is 0.312 e. The Morgan fingerprint density at radius 3 is 2.68 bits per heavy atom. The van der Waals surface area contributed by atoms with Gasteiger partial charge < -0.3 is 10.6 Å². The van der Waals surface area contributed by atoms with Crippen LogP contribution in [0.5, 0.6) is 0 Å². The van der Waals surface area contributed by atoms with E-state index >= 15 is 0 Å². The quantitative estimate of drug-likeness (QED) is 0.625. The average Bonchev–Trinajstić information content (AvgIpc) is 3.18. The maximum atomic E-state index is 13.0. The molecule has 0 radical (unpaired) electrons. The molecule has 0 bridgehead atoms. The minimum absolute atomic E-state index is 0.116. The van der Waals surface area contributed by atoms with Gasteiger partial charge in [-0.2, -0.15) is 0 Å². The summed E-state index contributed by atoms with van der Waals surface area (Å²) in [6.07, 6.45) is 1.43. The molecule has 8 nitrogen and oxygen atoms in total. The molecule has 3 heterocycles. The molecule has 0 saturated carbocycles. The molecule has 1 aromatic rings. The molecule has 28 heavy (non-hydrogen) atoms. The third-order valence-corrected chi connectivity index (χ3v) is 5.93. The summed E-state index contributed by atoms with van der Waals surface area (Å²) in [5.41, 5.74) is 1.43. The van der Waals surface area contributed by atoms with E-state index in [1.807, 2.05) is 6.07 Å². The third-order valence-electron chi connectivity index (χ3n) is 5.93. The van der Waals surface area contributed by atoms with Crippen LogP contribution in [0.1, 0.15) is 52.5 Å². The number of carbonyl (C=O) groups excluding carboxylic acids is 4. The summed E-state index contributed by atoms with van der Waals surface area (Å²) < 4.78 is 0. The van der Waals surface area contributed by atoms with Crippen molar-refractivity contribution in [3.63, 3.8) is 0 Å². The van der Waals surface area contributed by atoms with Gasteiger partial charge in [-0.05, 0) is 36.9 Å².